The van der Waals surface area contributed by atoms with Crippen LogP contribution in [-0.4, -0.2) is 23.4 Å². The molecule has 1 aromatic carbocycles. The SMILES string of the molecule is CCC(C)N1C(N)=NCC1c1ccc(F)c(F)c1. The Morgan fingerprint density at radius 1 is 1.44 bits per heavy atom. The minimum absolute atomic E-state index is 0.102. The highest BCUT2D eigenvalue weighted by Crippen LogP contribution is 2.29. The number of benzene rings is 1. The van der Waals surface area contributed by atoms with E-state index in [-0.39, 0.29) is 12.1 Å². The molecule has 1 aromatic rings. The fourth-order valence-electron chi connectivity index (χ4n) is 2.22. The maximum atomic E-state index is 13.3. The van der Waals surface area contributed by atoms with Crippen LogP contribution in [0.4, 0.5) is 8.78 Å². The molecule has 0 aromatic heterocycles. The monoisotopic (exact) mass is 253 g/mol. The third kappa shape index (κ3) is 2.17. The van der Waals surface area contributed by atoms with Crippen LogP contribution in [0.1, 0.15) is 31.9 Å². The van der Waals surface area contributed by atoms with E-state index >= 15 is 0 Å². The highest BCUT2D eigenvalue weighted by molar-refractivity contribution is 5.80. The summed E-state index contributed by atoms with van der Waals surface area (Å²) in [5.41, 5.74) is 6.57. The number of hydrogen-bond donors (Lipinski definition) is 1. The zero-order valence-corrected chi connectivity index (χ0v) is 10.5. The summed E-state index contributed by atoms with van der Waals surface area (Å²) >= 11 is 0. The van der Waals surface area contributed by atoms with E-state index in [1.807, 2.05) is 11.8 Å². The Balaban J connectivity index is 2.30. The van der Waals surface area contributed by atoms with Crippen molar-refractivity contribution in [2.24, 2.45) is 10.7 Å². The summed E-state index contributed by atoms with van der Waals surface area (Å²) in [6, 6.07) is 4.08. The molecule has 2 N–H and O–H groups in total. The average Bonchev–Trinajstić information content (AvgIpc) is 2.74. The zero-order valence-electron chi connectivity index (χ0n) is 10.5. The summed E-state index contributed by atoms with van der Waals surface area (Å²) in [5, 5.41) is 0. The molecule has 18 heavy (non-hydrogen) atoms. The molecule has 5 heteroatoms. The van der Waals surface area contributed by atoms with Gasteiger partial charge in [0, 0.05) is 6.04 Å². The Morgan fingerprint density at radius 3 is 2.78 bits per heavy atom. The van der Waals surface area contributed by atoms with E-state index in [0.717, 1.165) is 12.5 Å². The van der Waals surface area contributed by atoms with E-state index in [1.165, 1.54) is 6.07 Å². The molecule has 0 bridgehead atoms. The molecule has 2 unspecified atom stereocenters. The molecule has 0 fully saturated rings. The van der Waals surface area contributed by atoms with Crippen molar-refractivity contribution < 1.29 is 8.78 Å². The van der Waals surface area contributed by atoms with Gasteiger partial charge >= 0.3 is 0 Å². The number of nitrogens with zero attached hydrogens (tertiary/aromatic N) is 2. The summed E-state index contributed by atoms with van der Waals surface area (Å²) in [4.78, 5) is 6.17. The molecule has 98 valence electrons. The second-order valence-corrected chi connectivity index (χ2v) is 4.55. The first-order chi connectivity index (χ1) is 8.54. The van der Waals surface area contributed by atoms with Gasteiger partial charge in [-0.25, -0.2) is 8.78 Å². The Labute approximate surface area is 105 Å². The van der Waals surface area contributed by atoms with Crippen molar-refractivity contribution in [3.05, 3.63) is 35.4 Å². The van der Waals surface area contributed by atoms with Gasteiger partial charge in [-0.3, -0.25) is 4.99 Å². The number of hydrogen-bond acceptors (Lipinski definition) is 3. The van der Waals surface area contributed by atoms with Gasteiger partial charge in [0.1, 0.15) is 0 Å². The van der Waals surface area contributed by atoms with E-state index in [1.54, 1.807) is 6.07 Å². The molecule has 0 aliphatic carbocycles. The standard InChI is InChI=1S/C13H17F2N3/c1-3-8(2)18-12(7-17-13(18)16)9-4-5-10(14)11(15)6-9/h4-6,8,12H,3,7H2,1-2H3,(H2,16,17). The third-order valence-electron chi connectivity index (χ3n) is 3.42. The molecule has 2 rings (SSSR count). The van der Waals surface area contributed by atoms with Gasteiger partial charge in [-0.15, -0.1) is 0 Å². The Morgan fingerprint density at radius 2 is 2.17 bits per heavy atom. The predicted molar refractivity (Wildman–Crippen MR) is 67.2 cm³/mol. The topological polar surface area (TPSA) is 41.6 Å². The minimum Gasteiger partial charge on any atom is -0.370 e. The van der Waals surface area contributed by atoms with Crippen molar-refractivity contribution in [2.75, 3.05) is 6.54 Å². The van der Waals surface area contributed by atoms with E-state index in [9.17, 15) is 8.78 Å². The van der Waals surface area contributed by atoms with Crippen molar-refractivity contribution in [1.82, 2.24) is 4.90 Å². The van der Waals surface area contributed by atoms with Crippen LogP contribution in [0.25, 0.3) is 0 Å². The number of aliphatic imine (C=N–C) groups is 1. The third-order valence-corrected chi connectivity index (χ3v) is 3.42. The molecule has 0 saturated heterocycles. The summed E-state index contributed by atoms with van der Waals surface area (Å²) in [6.45, 7) is 4.58. The quantitative estimate of drug-likeness (QED) is 0.899. The van der Waals surface area contributed by atoms with Crippen LogP contribution in [0.15, 0.2) is 23.2 Å². The molecular weight excluding hydrogens is 236 g/mol. The maximum absolute atomic E-state index is 13.3. The highest BCUT2D eigenvalue weighted by Gasteiger charge is 2.30. The summed E-state index contributed by atoms with van der Waals surface area (Å²) in [5.74, 6) is -1.19. The van der Waals surface area contributed by atoms with Gasteiger partial charge in [0.05, 0.1) is 12.6 Å². The van der Waals surface area contributed by atoms with Crippen molar-refractivity contribution >= 4 is 5.96 Å². The summed E-state index contributed by atoms with van der Waals surface area (Å²) < 4.78 is 26.2. The normalized spacial score (nSPS) is 21.0. The highest BCUT2D eigenvalue weighted by atomic mass is 19.2. The van der Waals surface area contributed by atoms with Crippen molar-refractivity contribution in [1.29, 1.82) is 0 Å². The number of halogens is 2. The Kier molecular flexibility index (Phi) is 3.50. The van der Waals surface area contributed by atoms with Crippen LogP contribution in [0.5, 0.6) is 0 Å². The smallest absolute Gasteiger partial charge is 0.192 e. The first-order valence-electron chi connectivity index (χ1n) is 6.07. The minimum atomic E-state index is -0.833. The largest absolute Gasteiger partial charge is 0.370 e. The Bertz CT molecular complexity index is 473. The first-order valence-corrected chi connectivity index (χ1v) is 6.07. The molecule has 0 radical (unpaired) electrons. The molecular formula is C13H17F2N3. The fourth-order valence-corrected chi connectivity index (χ4v) is 2.22. The van der Waals surface area contributed by atoms with Crippen LogP contribution >= 0.6 is 0 Å². The van der Waals surface area contributed by atoms with Crippen LogP contribution in [-0.2, 0) is 0 Å². The van der Waals surface area contributed by atoms with Crippen molar-refractivity contribution in [3.8, 4) is 0 Å². The lowest BCUT2D eigenvalue weighted by molar-refractivity contribution is 0.267. The second kappa shape index (κ2) is 4.92. The number of guanidine groups is 1. The van der Waals surface area contributed by atoms with Gasteiger partial charge in [0.25, 0.3) is 0 Å². The molecule has 1 aliphatic rings. The molecule has 0 amide bonds. The van der Waals surface area contributed by atoms with Gasteiger partial charge < -0.3 is 10.6 Å². The summed E-state index contributed by atoms with van der Waals surface area (Å²) in [7, 11) is 0. The van der Waals surface area contributed by atoms with Crippen molar-refractivity contribution in [2.45, 2.75) is 32.4 Å². The van der Waals surface area contributed by atoms with E-state index in [2.05, 4.69) is 11.9 Å². The van der Waals surface area contributed by atoms with Crippen LogP contribution in [0.3, 0.4) is 0 Å². The molecule has 2 atom stereocenters. The molecule has 0 saturated carbocycles. The molecule has 3 nitrogen and oxygen atoms in total. The van der Waals surface area contributed by atoms with Crippen LogP contribution in [0.2, 0.25) is 0 Å². The summed E-state index contributed by atoms with van der Waals surface area (Å²) in [6.07, 6.45) is 0.913. The van der Waals surface area contributed by atoms with Gasteiger partial charge in [-0.1, -0.05) is 13.0 Å². The van der Waals surface area contributed by atoms with Gasteiger partial charge in [-0.05, 0) is 31.0 Å². The molecule has 0 spiro atoms. The molecule has 1 aliphatic heterocycles. The average molecular weight is 253 g/mol. The maximum Gasteiger partial charge on any atom is 0.192 e. The lowest BCUT2D eigenvalue weighted by Gasteiger charge is -2.32. The lowest BCUT2D eigenvalue weighted by Crippen LogP contribution is -2.42. The van der Waals surface area contributed by atoms with Crippen LogP contribution in [0, 0.1) is 11.6 Å². The fraction of sp³-hybridized carbons (Fsp3) is 0.462. The zero-order chi connectivity index (χ0) is 13.3. The van der Waals surface area contributed by atoms with E-state index in [4.69, 9.17) is 5.73 Å². The van der Waals surface area contributed by atoms with Gasteiger partial charge in [0.2, 0.25) is 0 Å². The van der Waals surface area contributed by atoms with E-state index < -0.39 is 11.6 Å². The number of rotatable bonds is 3. The van der Waals surface area contributed by atoms with Crippen LogP contribution < -0.4 is 5.73 Å². The van der Waals surface area contributed by atoms with E-state index in [0.29, 0.717) is 18.1 Å². The number of nitrogens with two attached hydrogens (primary N) is 1. The van der Waals surface area contributed by atoms with Gasteiger partial charge in [0.15, 0.2) is 17.6 Å². The van der Waals surface area contributed by atoms with Crippen molar-refractivity contribution in [3.63, 3.8) is 0 Å². The molecule has 1 heterocycles. The predicted octanol–water partition coefficient (Wildman–Crippen LogP) is 2.43. The lowest BCUT2D eigenvalue weighted by atomic mass is 10.0. The second-order valence-electron chi connectivity index (χ2n) is 4.55. The Hall–Kier alpha value is -1.65. The van der Waals surface area contributed by atoms with Gasteiger partial charge in [-0.2, -0.15) is 0 Å². The first kappa shape index (κ1) is 12.8.